The summed E-state index contributed by atoms with van der Waals surface area (Å²) >= 11 is 0. The van der Waals surface area contributed by atoms with E-state index in [0.29, 0.717) is 44.4 Å². The molecule has 6 heteroatoms. The third kappa shape index (κ3) is 4.71. The van der Waals surface area contributed by atoms with Gasteiger partial charge >= 0.3 is 6.11 Å². The monoisotopic (exact) mass is 382 g/mol. The Morgan fingerprint density at radius 1 is 0.731 bits per heavy atom. The summed E-state index contributed by atoms with van der Waals surface area (Å²) in [5.41, 5.74) is 0. The molecule has 3 aliphatic carbocycles. The first kappa shape index (κ1) is 20.3. The summed E-state index contributed by atoms with van der Waals surface area (Å²) in [7, 11) is 0. The summed E-state index contributed by atoms with van der Waals surface area (Å²) in [6, 6.07) is 0. The molecule has 0 radical (unpaired) electrons. The van der Waals surface area contributed by atoms with Gasteiger partial charge in [-0.05, 0) is 69.1 Å². The van der Waals surface area contributed by atoms with Gasteiger partial charge in [-0.15, -0.1) is 0 Å². The van der Waals surface area contributed by atoms with Crippen LogP contribution in [-0.4, -0.2) is 30.7 Å². The van der Waals surface area contributed by atoms with Crippen LogP contribution in [0.25, 0.3) is 0 Å². The summed E-state index contributed by atoms with van der Waals surface area (Å²) in [5.74, 6) is -0.289. The summed E-state index contributed by atoms with van der Waals surface area (Å²) in [6.45, 7) is 2.09. The zero-order chi connectivity index (χ0) is 18.9. The van der Waals surface area contributed by atoms with Crippen LogP contribution in [0.15, 0.2) is 0 Å². The molecule has 0 N–H and O–H groups in total. The molecule has 0 amide bonds. The van der Waals surface area contributed by atoms with Crippen molar-refractivity contribution in [1.82, 2.24) is 0 Å². The number of alkyl halides is 5. The maximum absolute atomic E-state index is 14.5. The molecular weight excluding hydrogens is 351 g/mol. The number of rotatable bonds is 4. The third-order valence-electron chi connectivity index (χ3n) is 6.95. The van der Waals surface area contributed by atoms with E-state index in [1.54, 1.807) is 0 Å². The van der Waals surface area contributed by atoms with Gasteiger partial charge < -0.3 is 4.74 Å². The highest BCUT2D eigenvalue weighted by atomic mass is 19.3. The SMILES string of the molecule is CC1CCC(C(F)(F)OC2CCC(C3CC(F)C(F)C(F)C3)CC2)CC1. The second-order valence-corrected chi connectivity index (χ2v) is 8.88. The second kappa shape index (κ2) is 8.32. The number of hydrogen-bond donors (Lipinski definition) is 0. The maximum atomic E-state index is 14.5. The van der Waals surface area contributed by atoms with Crippen molar-refractivity contribution < 1.29 is 26.7 Å². The minimum Gasteiger partial charge on any atom is -0.317 e. The van der Waals surface area contributed by atoms with E-state index >= 15 is 0 Å². The van der Waals surface area contributed by atoms with Crippen molar-refractivity contribution in [3.63, 3.8) is 0 Å². The van der Waals surface area contributed by atoms with Crippen molar-refractivity contribution in [3.05, 3.63) is 0 Å². The molecule has 3 rings (SSSR count). The average molecular weight is 382 g/mol. The fraction of sp³-hybridized carbons (Fsp3) is 1.00. The second-order valence-electron chi connectivity index (χ2n) is 8.88. The Morgan fingerprint density at radius 3 is 1.81 bits per heavy atom. The summed E-state index contributed by atoms with van der Waals surface area (Å²) in [6.07, 6.45) is -4.06. The fourth-order valence-electron chi connectivity index (χ4n) is 5.14. The van der Waals surface area contributed by atoms with Crippen LogP contribution in [-0.2, 0) is 4.74 Å². The van der Waals surface area contributed by atoms with Crippen LogP contribution in [0.1, 0.15) is 71.1 Å². The molecule has 1 nitrogen and oxygen atoms in total. The Labute approximate surface area is 153 Å². The lowest BCUT2D eigenvalue weighted by Gasteiger charge is -2.40. The average Bonchev–Trinajstić information content (AvgIpc) is 2.60. The zero-order valence-corrected chi connectivity index (χ0v) is 15.5. The minimum atomic E-state index is -3.09. The van der Waals surface area contributed by atoms with Gasteiger partial charge in [0.05, 0.1) is 12.0 Å². The van der Waals surface area contributed by atoms with Crippen LogP contribution in [0.3, 0.4) is 0 Å². The minimum absolute atomic E-state index is 0.0498. The van der Waals surface area contributed by atoms with Gasteiger partial charge in [0.25, 0.3) is 0 Å². The maximum Gasteiger partial charge on any atom is 0.358 e. The fourth-order valence-corrected chi connectivity index (χ4v) is 5.14. The van der Waals surface area contributed by atoms with Crippen molar-refractivity contribution in [3.8, 4) is 0 Å². The van der Waals surface area contributed by atoms with Gasteiger partial charge in [0.1, 0.15) is 12.3 Å². The van der Waals surface area contributed by atoms with E-state index in [2.05, 4.69) is 6.92 Å². The molecule has 3 aliphatic rings. The lowest BCUT2D eigenvalue weighted by molar-refractivity contribution is -0.302. The molecule has 3 fully saturated rings. The Morgan fingerprint density at radius 2 is 1.27 bits per heavy atom. The van der Waals surface area contributed by atoms with E-state index in [1.807, 2.05) is 0 Å². The van der Waals surface area contributed by atoms with E-state index in [9.17, 15) is 22.0 Å². The van der Waals surface area contributed by atoms with Crippen molar-refractivity contribution >= 4 is 0 Å². The van der Waals surface area contributed by atoms with Gasteiger partial charge in [0.2, 0.25) is 0 Å². The lowest BCUT2D eigenvalue weighted by atomic mass is 9.71. The molecular formula is C20H31F5O. The van der Waals surface area contributed by atoms with E-state index in [-0.39, 0.29) is 24.7 Å². The Hall–Kier alpha value is -0.390. The van der Waals surface area contributed by atoms with E-state index < -0.39 is 36.6 Å². The standard InChI is InChI=1S/C20H31F5O/c1-12-2-6-15(7-3-12)20(24,25)26-16-8-4-13(5-9-16)14-10-17(21)19(23)18(22)11-14/h12-19H,2-11H2,1H3. The molecule has 26 heavy (non-hydrogen) atoms. The van der Waals surface area contributed by atoms with Crippen LogP contribution >= 0.6 is 0 Å². The Bertz CT molecular complexity index is 431. The van der Waals surface area contributed by atoms with Crippen LogP contribution in [0.5, 0.6) is 0 Å². The topological polar surface area (TPSA) is 9.23 Å². The Balaban J connectivity index is 1.46. The predicted molar refractivity (Wildman–Crippen MR) is 90.3 cm³/mol. The summed E-state index contributed by atoms with van der Waals surface area (Å²) in [5, 5.41) is 0. The van der Waals surface area contributed by atoms with Crippen LogP contribution in [0.2, 0.25) is 0 Å². The number of ether oxygens (including phenoxy) is 1. The molecule has 0 saturated heterocycles. The third-order valence-corrected chi connectivity index (χ3v) is 6.95. The van der Waals surface area contributed by atoms with Crippen molar-refractivity contribution in [2.45, 2.75) is 102 Å². The predicted octanol–water partition coefficient (Wildman–Crippen LogP) is 6.41. The molecule has 0 aromatic heterocycles. The molecule has 2 unspecified atom stereocenters. The molecule has 3 saturated carbocycles. The quantitative estimate of drug-likeness (QED) is 0.511. The highest BCUT2D eigenvalue weighted by Crippen LogP contribution is 2.44. The van der Waals surface area contributed by atoms with Gasteiger partial charge in [0.15, 0.2) is 6.17 Å². The molecule has 0 aromatic rings. The molecule has 0 bridgehead atoms. The summed E-state index contributed by atoms with van der Waals surface area (Å²) in [4.78, 5) is 0. The van der Waals surface area contributed by atoms with Crippen molar-refractivity contribution in [2.24, 2.45) is 23.7 Å². The first-order chi connectivity index (χ1) is 12.3. The van der Waals surface area contributed by atoms with Crippen LogP contribution < -0.4 is 0 Å². The summed E-state index contributed by atoms with van der Waals surface area (Å²) < 4.78 is 74.7. The van der Waals surface area contributed by atoms with Crippen molar-refractivity contribution in [1.29, 1.82) is 0 Å². The van der Waals surface area contributed by atoms with Crippen LogP contribution in [0.4, 0.5) is 22.0 Å². The highest BCUT2D eigenvalue weighted by Gasteiger charge is 2.46. The molecule has 0 heterocycles. The normalized spacial score (nSPS) is 45.5. The van der Waals surface area contributed by atoms with Gasteiger partial charge in [-0.2, -0.15) is 8.78 Å². The van der Waals surface area contributed by atoms with Gasteiger partial charge in [-0.1, -0.05) is 19.8 Å². The van der Waals surface area contributed by atoms with Gasteiger partial charge in [-0.25, -0.2) is 13.2 Å². The highest BCUT2D eigenvalue weighted by molar-refractivity contribution is 4.91. The first-order valence-corrected chi connectivity index (χ1v) is 10.2. The lowest BCUT2D eigenvalue weighted by Crippen LogP contribution is -2.42. The molecule has 2 atom stereocenters. The van der Waals surface area contributed by atoms with Gasteiger partial charge in [0, 0.05) is 0 Å². The van der Waals surface area contributed by atoms with E-state index in [1.165, 1.54) is 0 Å². The smallest absolute Gasteiger partial charge is 0.317 e. The molecule has 0 spiro atoms. The first-order valence-electron chi connectivity index (χ1n) is 10.2. The molecule has 152 valence electrons. The zero-order valence-electron chi connectivity index (χ0n) is 15.5. The van der Waals surface area contributed by atoms with Crippen LogP contribution in [0, 0.1) is 23.7 Å². The Kier molecular flexibility index (Phi) is 6.51. The molecule has 0 aliphatic heterocycles. The largest absolute Gasteiger partial charge is 0.358 e. The number of halogens is 5. The van der Waals surface area contributed by atoms with E-state index in [4.69, 9.17) is 4.74 Å². The van der Waals surface area contributed by atoms with Gasteiger partial charge in [-0.3, -0.25) is 0 Å². The van der Waals surface area contributed by atoms with Crippen molar-refractivity contribution in [2.75, 3.05) is 0 Å². The molecule has 0 aromatic carbocycles. The number of hydrogen-bond acceptors (Lipinski definition) is 1. The van der Waals surface area contributed by atoms with E-state index in [0.717, 1.165) is 12.8 Å².